The highest BCUT2D eigenvalue weighted by Crippen LogP contribution is 2.13. The zero-order valence-electron chi connectivity index (χ0n) is 5.89. The highest BCUT2D eigenvalue weighted by molar-refractivity contribution is 6.20. The maximum atomic E-state index is 10.9. The zero-order chi connectivity index (χ0) is 9.30. The van der Waals surface area contributed by atoms with Crippen LogP contribution in [0.4, 0.5) is 0 Å². The smallest absolute Gasteiger partial charge is 0.343 e. The molecule has 5 heteroatoms. The van der Waals surface area contributed by atoms with Gasteiger partial charge in [-0.3, -0.25) is 4.79 Å². The maximum Gasteiger partial charge on any atom is 0.343 e. The summed E-state index contributed by atoms with van der Waals surface area (Å²) in [6, 6.07) is 0. The van der Waals surface area contributed by atoms with Crippen molar-refractivity contribution in [1.29, 1.82) is 0 Å². The van der Waals surface area contributed by atoms with Gasteiger partial charge in [-0.05, 0) is 12.2 Å². The largest absolute Gasteiger partial charge is 0.507 e. The van der Waals surface area contributed by atoms with Gasteiger partial charge in [-0.25, -0.2) is 4.79 Å². The van der Waals surface area contributed by atoms with Crippen molar-refractivity contribution in [3.8, 4) is 0 Å². The third-order valence-electron chi connectivity index (χ3n) is 1.42. The van der Waals surface area contributed by atoms with E-state index in [-0.39, 0.29) is 0 Å². The fraction of sp³-hybridized carbons (Fsp3) is 0.143. The van der Waals surface area contributed by atoms with Crippen LogP contribution in [0.5, 0.6) is 0 Å². The second-order valence-corrected chi connectivity index (χ2v) is 2.23. The van der Waals surface area contributed by atoms with Gasteiger partial charge in [0.1, 0.15) is 17.4 Å². The van der Waals surface area contributed by atoms with Gasteiger partial charge in [0.2, 0.25) is 5.78 Å². The molecule has 0 saturated heterocycles. The Kier molecular flexibility index (Phi) is 1.97. The first kappa shape index (κ1) is 8.48. The van der Waals surface area contributed by atoms with Crippen molar-refractivity contribution in [3.63, 3.8) is 0 Å². The number of Topliss-reactive ketones (excluding diaryl/α,β-unsaturated/α-hetero) is 1. The molecule has 1 unspecified atom stereocenters. The van der Waals surface area contributed by atoms with E-state index in [9.17, 15) is 9.59 Å². The van der Waals surface area contributed by atoms with Crippen LogP contribution in [0, 0.1) is 0 Å². The highest BCUT2D eigenvalue weighted by Gasteiger charge is 2.29. The number of aliphatic carboxylic acids is 1. The number of aliphatic hydroxyl groups is 2. The van der Waals surface area contributed by atoms with Crippen LogP contribution in [0.3, 0.4) is 0 Å². The van der Waals surface area contributed by atoms with E-state index in [4.69, 9.17) is 15.3 Å². The van der Waals surface area contributed by atoms with Crippen LogP contribution in [0.1, 0.15) is 0 Å². The number of rotatable bonds is 1. The summed E-state index contributed by atoms with van der Waals surface area (Å²) < 4.78 is 0. The van der Waals surface area contributed by atoms with Gasteiger partial charge < -0.3 is 15.3 Å². The normalized spacial score (nSPS) is 23.1. The van der Waals surface area contributed by atoms with E-state index in [1.165, 1.54) is 0 Å². The molecule has 0 radical (unpaired) electrons. The van der Waals surface area contributed by atoms with Crippen LogP contribution in [0.15, 0.2) is 23.5 Å². The number of carboxylic acid groups (broad SMARTS) is 1. The van der Waals surface area contributed by atoms with Crippen molar-refractivity contribution < 1.29 is 24.9 Å². The number of carboxylic acids is 1. The van der Waals surface area contributed by atoms with E-state index in [1.54, 1.807) is 0 Å². The van der Waals surface area contributed by atoms with E-state index < -0.39 is 29.2 Å². The third kappa shape index (κ3) is 1.22. The number of hydrogen-bond donors (Lipinski definition) is 3. The van der Waals surface area contributed by atoms with Crippen molar-refractivity contribution in [1.82, 2.24) is 0 Å². The van der Waals surface area contributed by atoms with Gasteiger partial charge in [-0.15, -0.1) is 0 Å². The molecule has 1 atom stereocenters. The fourth-order valence-corrected chi connectivity index (χ4v) is 0.842. The Morgan fingerprint density at radius 1 is 1.50 bits per heavy atom. The van der Waals surface area contributed by atoms with E-state index in [1.807, 2.05) is 0 Å². The molecule has 1 rings (SSSR count). The van der Waals surface area contributed by atoms with Gasteiger partial charge in [0.25, 0.3) is 0 Å². The summed E-state index contributed by atoms with van der Waals surface area (Å²) in [6.07, 6.45) is 0.534. The summed E-state index contributed by atoms with van der Waals surface area (Å²) in [4.78, 5) is 21.2. The molecule has 0 aromatic carbocycles. The minimum atomic E-state index is -1.54. The van der Waals surface area contributed by atoms with Gasteiger partial charge in [-0.2, -0.15) is 0 Å². The first-order valence-electron chi connectivity index (χ1n) is 3.11. The lowest BCUT2D eigenvalue weighted by molar-refractivity contribution is -0.136. The van der Waals surface area contributed by atoms with E-state index >= 15 is 0 Å². The Labute approximate surface area is 67.2 Å². The average molecular weight is 170 g/mol. The lowest BCUT2D eigenvalue weighted by Gasteiger charge is -2.10. The lowest BCUT2D eigenvalue weighted by atomic mass is 10.00. The fourth-order valence-electron chi connectivity index (χ4n) is 0.842. The standard InChI is InChI=1S/C7H6O5/c8-3-1-2-4(9)6(10)5(3)7(11)12/h1-2,4,8-9H,(H,11,12). The second kappa shape index (κ2) is 2.78. The van der Waals surface area contributed by atoms with Gasteiger partial charge in [0, 0.05) is 0 Å². The van der Waals surface area contributed by atoms with Crippen LogP contribution in [0.2, 0.25) is 0 Å². The summed E-state index contributed by atoms with van der Waals surface area (Å²) in [7, 11) is 0. The number of ketones is 1. The van der Waals surface area contributed by atoms with Crippen molar-refractivity contribution in [2.45, 2.75) is 6.10 Å². The molecule has 0 fully saturated rings. The lowest BCUT2D eigenvalue weighted by Crippen LogP contribution is -2.28. The molecule has 0 aliphatic heterocycles. The van der Waals surface area contributed by atoms with Crippen molar-refractivity contribution in [2.24, 2.45) is 0 Å². The van der Waals surface area contributed by atoms with Gasteiger partial charge in [-0.1, -0.05) is 0 Å². The van der Waals surface area contributed by atoms with E-state index in [0.29, 0.717) is 0 Å². The molecule has 0 amide bonds. The van der Waals surface area contributed by atoms with Gasteiger partial charge in [0.15, 0.2) is 0 Å². The SMILES string of the molecule is O=C(O)C1=C(O)C=CC(O)C1=O. The molecule has 0 spiro atoms. The predicted molar refractivity (Wildman–Crippen MR) is 37.4 cm³/mol. The second-order valence-electron chi connectivity index (χ2n) is 2.23. The van der Waals surface area contributed by atoms with E-state index in [0.717, 1.165) is 12.2 Å². The maximum absolute atomic E-state index is 10.9. The van der Waals surface area contributed by atoms with Crippen LogP contribution in [-0.2, 0) is 9.59 Å². The minimum Gasteiger partial charge on any atom is -0.507 e. The Morgan fingerprint density at radius 2 is 2.08 bits per heavy atom. The van der Waals surface area contributed by atoms with Crippen molar-refractivity contribution >= 4 is 11.8 Å². The Morgan fingerprint density at radius 3 is 2.50 bits per heavy atom. The predicted octanol–water partition coefficient (Wildman–Crippen LogP) is -0.617. The first-order valence-corrected chi connectivity index (χ1v) is 3.11. The molecule has 12 heavy (non-hydrogen) atoms. The number of hydrogen-bond acceptors (Lipinski definition) is 4. The molecule has 0 aromatic heterocycles. The number of carbonyl (C=O) groups is 2. The summed E-state index contributed by atoms with van der Waals surface area (Å²) in [6.45, 7) is 0. The molecule has 64 valence electrons. The molecule has 1 aliphatic carbocycles. The van der Waals surface area contributed by atoms with Crippen LogP contribution >= 0.6 is 0 Å². The zero-order valence-corrected chi connectivity index (χ0v) is 5.89. The Hall–Kier alpha value is -1.62. The monoisotopic (exact) mass is 170 g/mol. The molecule has 0 aromatic rings. The molecular formula is C7H6O5. The first-order chi connectivity index (χ1) is 5.54. The third-order valence-corrected chi connectivity index (χ3v) is 1.42. The van der Waals surface area contributed by atoms with E-state index in [2.05, 4.69) is 0 Å². The van der Waals surface area contributed by atoms with Crippen LogP contribution in [-0.4, -0.2) is 33.2 Å². The summed E-state index contributed by atoms with van der Waals surface area (Å²) in [5, 5.41) is 26.2. The summed E-state index contributed by atoms with van der Waals surface area (Å²) in [5.74, 6) is -3.17. The number of aliphatic hydroxyl groups excluding tert-OH is 2. The molecule has 5 nitrogen and oxygen atoms in total. The highest BCUT2D eigenvalue weighted by atomic mass is 16.4. The summed E-state index contributed by atoms with van der Waals surface area (Å²) >= 11 is 0. The van der Waals surface area contributed by atoms with Crippen LogP contribution < -0.4 is 0 Å². The molecule has 3 N–H and O–H groups in total. The van der Waals surface area contributed by atoms with Crippen LogP contribution in [0.25, 0.3) is 0 Å². The number of carbonyl (C=O) groups excluding carboxylic acids is 1. The average Bonchev–Trinajstić information content (AvgIpc) is 1.97. The number of allylic oxidation sites excluding steroid dienone is 1. The molecular weight excluding hydrogens is 164 g/mol. The quantitative estimate of drug-likeness (QED) is 0.456. The van der Waals surface area contributed by atoms with Crippen molar-refractivity contribution in [3.05, 3.63) is 23.5 Å². The Balaban J connectivity index is 3.15. The Bertz CT molecular complexity index is 299. The van der Waals surface area contributed by atoms with Gasteiger partial charge >= 0.3 is 5.97 Å². The molecule has 0 heterocycles. The molecule has 0 saturated carbocycles. The summed E-state index contributed by atoms with van der Waals surface area (Å²) in [5.41, 5.74) is -0.773. The topological polar surface area (TPSA) is 94.8 Å². The molecule has 0 bridgehead atoms. The van der Waals surface area contributed by atoms with Gasteiger partial charge in [0.05, 0.1) is 0 Å². The molecule has 1 aliphatic rings. The van der Waals surface area contributed by atoms with Crippen molar-refractivity contribution in [2.75, 3.05) is 0 Å². The minimum absolute atomic E-state index is 0.627.